The van der Waals surface area contributed by atoms with E-state index in [4.69, 9.17) is 0 Å². The second-order valence-electron chi connectivity index (χ2n) is 2.98. The first kappa shape index (κ1) is 8.69. The van der Waals surface area contributed by atoms with Crippen LogP contribution in [0.25, 0.3) is 5.57 Å². The van der Waals surface area contributed by atoms with E-state index in [0.29, 0.717) is 0 Å². The van der Waals surface area contributed by atoms with Crippen LogP contribution in [0.4, 0.5) is 5.69 Å². The fourth-order valence-corrected chi connectivity index (χ4v) is 1.34. The lowest BCUT2D eigenvalue weighted by atomic mass is 10.1. The van der Waals surface area contributed by atoms with E-state index in [1.165, 1.54) is 12.1 Å². The van der Waals surface area contributed by atoms with Crippen molar-refractivity contribution in [1.29, 1.82) is 0 Å². The van der Waals surface area contributed by atoms with Crippen molar-refractivity contribution < 1.29 is 4.92 Å². The third kappa shape index (κ3) is 1.57. The molecule has 1 aliphatic rings. The van der Waals surface area contributed by atoms with Crippen molar-refractivity contribution in [2.24, 2.45) is 0 Å². The minimum Gasteiger partial charge on any atom is -0.258 e. The summed E-state index contributed by atoms with van der Waals surface area (Å²) in [6.07, 6.45) is 7.83. The highest BCUT2D eigenvalue weighted by Gasteiger charge is 2.06. The molecular weight excluding hydrogens is 178 g/mol. The van der Waals surface area contributed by atoms with Gasteiger partial charge in [-0.15, -0.1) is 0 Å². The van der Waals surface area contributed by atoms with Gasteiger partial charge in [0.25, 0.3) is 5.69 Å². The smallest absolute Gasteiger partial charge is 0.258 e. The van der Waals surface area contributed by atoms with Crippen molar-refractivity contribution in [2.75, 3.05) is 0 Å². The van der Waals surface area contributed by atoms with E-state index in [-0.39, 0.29) is 5.69 Å². The molecule has 69 valence electrons. The molecule has 0 saturated carbocycles. The molecule has 3 nitrogen and oxygen atoms in total. The highest BCUT2D eigenvalue weighted by molar-refractivity contribution is 5.78. The van der Waals surface area contributed by atoms with Crippen LogP contribution in [0.5, 0.6) is 0 Å². The minimum absolute atomic E-state index is 0.125. The van der Waals surface area contributed by atoms with E-state index >= 15 is 0 Å². The van der Waals surface area contributed by atoms with Crippen LogP contribution in [0.2, 0.25) is 0 Å². The lowest BCUT2D eigenvalue weighted by molar-refractivity contribution is -0.384. The van der Waals surface area contributed by atoms with Crippen LogP contribution in [-0.2, 0) is 0 Å². The van der Waals surface area contributed by atoms with Crippen molar-refractivity contribution in [3.05, 3.63) is 64.6 Å². The van der Waals surface area contributed by atoms with Gasteiger partial charge in [-0.1, -0.05) is 18.2 Å². The highest BCUT2D eigenvalue weighted by atomic mass is 16.6. The molecule has 1 aromatic carbocycles. The van der Waals surface area contributed by atoms with Gasteiger partial charge in [-0.05, 0) is 23.3 Å². The van der Waals surface area contributed by atoms with Crippen molar-refractivity contribution in [1.82, 2.24) is 0 Å². The normalized spacial score (nSPS) is 14.1. The molecule has 0 atom stereocenters. The fourth-order valence-electron chi connectivity index (χ4n) is 1.34. The lowest BCUT2D eigenvalue weighted by Crippen LogP contribution is -1.87. The van der Waals surface area contributed by atoms with E-state index in [1.807, 2.05) is 24.6 Å². The zero-order chi connectivity index (χ0) is 9.97. The van der Waals surface area contributed by atoms with Crippen molar-refractivity contribution in [2.45, 2.75) is 0 Å². The molecule has 0 bridgehead atoms. The Bertz CT molecular complexity index is 415. The number of nitrogens with zero attached hydrogens (tertiary/aromatic N) is 1. The molecule has 0 aromatic heterocycles. The average Bonchev–Trinajstić information content (AvgIpc) is 2.71. The summed E-state index contributed by atoms with van der Waals surface area (Å²) in [6.45, 7) is 0. The molecule has 0 amide bonds. The van der Waals surface area contributed by atoms with Gasteiger partial charge in [0, 0.05) is 18.6 Å². The standard InChI is InChI=1S/C11H8NO2/c13-12(14)11-7-5-10(6-8-11)9-3-1-2-4-9/h1-8H. The molecule has 3 heteroatoms. The zero-order valence-electron chi connectivity index (χ0n) is 7.38. The molecule has 1 radical (unpaired) electrons. The van der Waals surface area contributed by atoms with Gasteiger partial charge in [0.1, 0.15) is 0 Å². The molecule has 0 heterocycles. The van der Waals surface area contributed by atoms with Gasteiger partial charge in [-0.2, -0.15) is 0 Å². The summed E-state index contributed by atoms with van der Waals surface area (Å²) in [6, 6.07) is 6.55. The molecule has 0 aliphatic heterocycles. The average molecular weight is 186 g/mol. The van der Waals surface area contributed by atoms with Crippen LogP contribution in [-0.4, -0.2) is 4.92 Å². The maximum atomic E-state index is 10.4. The van der Waals surface area contributed by atoms with Crippen LogP contribution in [0.1, 0.15) is 5.56 Å². The molecule has 1 aliphatic carbocycles. The zero-order valence-corrected chi connectivity index (χ0v) is 7.38. The number of allylic oxidation sites excluding steroid dienone is 4. The Morgan fingerprint density at radius 2 is 1.86 bits per heavy atom. The fraction of sp³-hybridized carbons (Fsp3) is 0. The topological polar surface area (TPSA) is 43.1 Å². The number of hydrogen-bond donors (Lipinski definition) is 0. The molecule has 1 aromatic rings. The third-order valence-electron chi connectivity index (χ3n) is 2.07. The largest absolute Gasteiger partial charge is 0.269 e. The van der Waals surface area contributed by atoms with Gasteiger partial charge in [0.2, 0.25) is 0 Å². The van der Waals surface area contributed by atoms with Gasteiger partial charge in [0.15, 0.2) is 0 Å². The van der Waals surface area contributed by atoms with Gasteiger partial charge >= 0.3 is 0 Å². The first-order valence-corrected chi connectivity index (χ1v) is 4.24. The van der Waals surface area contributed by atoms with E-state index < -0.39 is 4.92 Å². The first-order valence-electron chi connectivity index (χ1n) is 4.24. The summed E-state index contributed by atoms with van der Waals surface area (Å²) >= 11 is 0. The Kier molecular flexibility index (Phi) is 2.14. The Balaban J connectivity index is 2.30. The van der Waals surface area contributed by atoms with Crippen LogP contribution in [0.3, 0.4) is 0 Å². The minimum atomic E-state index is -0.394. The second-order valence-corrected chi connectivity index (χ2v) is 2.98. The summed E-state index contributed by atoms with van der Waals surface area (Å²) in [5.41, 5.74) is 2.21. The van der Waals surface area contributed by atoms with E-state index in [0.717, 1.165) is 11.1 Å². The number of hydrogen-bond acceptors (Lipinski definition) is 2. The highest BCUT2D eigenvalue weighted by Crippen LogP contribution is 2.23. The van der Waals surface area contributed by atoms with Gasteiger partial charge in [-0.25, -0.2) is 0 Å². The summed E-state index contributed by atoms with van der Waals surface area (Å²) in [5.74, 6) is 0. The number of nitro groups is 1. The monoisotopic (exact) mass is 186 g/mol. The summed E-state index contributed by atoms with van der Waals surface area (Å²) < 4.78 is 0. The maximum Gasteiger partial charge on any atom is 0.269 e. The van der Waals surface area contributed by atoms with Crippen molar-refractivity contribution in [3.63, 3.8) is 0 Å². The molecular formula is C11H8NO2. The summed E-state index contributed by atoms with van der Waals surface area (Å²) in [5, 5.41) is 10.4. The molecule has 14 heavy (non-hydrogen) atoms. The van der Waals surface area contributed by atoms with Gasteiger partial charge in [0.05, 0.1) is 4.92 Å². The van der Waals surface area contributed by atoms with E-state index in [9.17, 15) is 10.1 Å². The molecule has 0 N–H and O–H groups in total. The Morgan fingerprint density at radius 3 is 2.36 bits per heavy atom. The number of benzene rings is 1. The number of non-ortho nitro benzene ring substituents is 1. The SMILES string of the molecule is O=[N+]([O-])c1ccc(C2=C[CH]C=C2)cc1. The quantitative estimate of drug-likeness (QED) is 0.526. The maximum absolute atomic E-state index is 10.4. The lowest BCUT2D eigenvalue weighted by Gasteiger charge is -1.98. The van der Waals surface area contributed by atoms with Crippen molar-refractivity contribution >= 4 is 11.3 Å². The summed E-state index contributed by atoms with van der Waals surface area (Å²) in [4.78, 5) is 10.0. The second kappa shape index (κ2) is 3.46. The Morgan fingerprint density at radius 1 is 1.14 bits per heavy atom. The van der Waals surface area contributed by atoms with E-state index in [1.54, 1.807) is 12.1 Å². The van der Waals surface area contributed by atoms with Crippen LogP contribution in [0.15, 0.2) is 42.5 Å². The van der Waals surface area contributed by atoms with Gasteiger partial charge in [-0.3, -0.25) is 10.1 Å². The van der Waals surface area contributed by atoms with Gasteiger partial charge < -0.3 is 0 Å². The molecule has 0 saturated heterocycles. The number of nitro benzene ring substituents is 1. The molecule has 2 rings (SSSR count). The predicted molar refractivity (Wildman–Crippen MR) is 54.5 cm³/mol. The van der Waals surface area contributed by atoms with Crippen LogP contribution in [0, 0.1) is 16.5 Å². The molecule has 0 spiro atoms. The van der Waals surface area contributed by atoms with Crippen LogP contribution >= 0.6 is 0 Å². The summed E-state index contributed by atoms with van der Waals surface area (Å²) in [7, 11) is 0. The van der Waals surface area contributed by atoms with Crippen molar-refractivity contribution in [3.8, 4) is 0 Å². The number of rotatable bonds is 2. The Labute approximate surface area is 81.5 Å². The first-order chi connectivity index (χ1) is 6.77. The van der Waals surface area contributed by atoms with E-state index in [2.05, 4.69) is 0 Å². The van der Waals surface area contributed by atoms with Crippen LogP contribution < -0.4 is 0 Å². The molecule has 0 fully saturated rings. The third-order valence-corrected chi connectivity index (χ3v) is 2.07. The predicted octanol–water partition coefficient (Wildman–Crippen LogP) is 2.75. The molecule has 0 unspecified atom stereocenters. The Hall–Kier alpha value is -1.90.